The summed E-state index contributed by atoms with van der Waals surface area (Å²) >= 11 is 1.28. The third-order valence-electron chi connectivity index (χ3n) is 2.52. The molecule has 0 aliphatic carbocycles. The lowest BCUT2D eigenvalue weighted by Crippen LogP contribution is -2.04. The lowest BCUT2D eigenvalue weighted by Gasteiger charge is -2.06. The number of methoxy groups -OCH3 is 2. The monoisotopic (exact) mass is 296 g/mol. The number of aromatic nitrogens is 1. The highest BCUT2D eigenvalue weighted by atomic mass is 32.1. The molecule has 2 aromatic rings. The van der Waals surface area contributed by atoms with Crippen molar-refractivity contribution in [1.29, 1.82) is 0 Å². The molecule has 0 fully saturated rings. The summed E-state index contributed by atoms with van der Waals surface area (Å²) in [4.78, 5) is 15.3. The molecule has 0 radical (unpaired) electrons. The summed E-state index contributed by atoms with van der Waals surface area (Å²) in [5.74, 6) is -0.231. The van der Waals surface area contributed by atoms with Crippen LogP contribution in [0.5, 0.6) is 5.75 Å². The van der Waals surface area contributed by atoms with Gasteiger partial charge in [0.15, 0.2) is 5.13 Å². The summed E-state index contributed by atoms with van der Waals surface area (Å²) in [5, 5.41) is 5.07. The number of thiazole rings is 1. The average molecular weight is 296 g/mol. The first-order chi connectivity index (χ1) is 9.62. The van der Waals surface area contributed by atoms with Crippen LogP contribution in [0, 0.1) is 5.82 Å². The number of esters is 1. The number of hydrogen-bond donors (Lipinski definition) is 1. The molecule has 1 aromatic carbocycles. The van der Waals surface area contributed by atoms with Crippen LogP contribution < -0.4 is 10.1 Å². The zero-order chi connectivity index (χ0) is 14.5. The Labute approximate surface area is 119 Å². The number of anilines is 2. The summed E-state index contributed by atoms with van der Waals surface area (Å²) in [6.45, 7) is 0. The van der Waals surface area contributed by atoms with Crippen molar-refractivity contribution in [3.05, 3.63) is 35.1 Å². The highest BCUT2D eigenvalue weighted by Gasteiger charge is 2.10. The Morgan fingerprint density at radius 2 is 2.25 bits per heavy atom. The fourth-order valence-corrected chi connectivity index (χ4v) is 2.23. The zero-order valence-corrected chi connectivity index (χ0v) is 11.8. The molecule has 7 heteroatoms. The van der Waals surface area contributed by atoms with Crippen LogP contribution >= 0.6 is 11.3 Å². The van der Waals surface area contributed by atoms with Gasteiger partial charge in [0.1, 0.15) is 11.6 Å². The Bertz CT molecular complexity index is 615. The zero-order valence-electron chi connectivity index (χ0n) is 11.0. The van der Waals surface area contributed by atoms with Gasteiger partial charge in [0, 0.05) is 11.4 Å². The second-order valence-corrected chi connectivity index (χ2v) is 4.73. The Hall–Kier alpha value is -2.15. The van der Waals surface area contributed by atoms with Crippen molar-refractivity contribution in [2.45, 2.75) is 6.42 Å². The van der Waals surface area contributed by atoms with Gasteiger partial charge in [0.25, 0.3) is 0 Å². The average Bonchev–Trinajstić information content (AvgIpc) is 2.88. The van der Waals surface area contributed by atoms with E-state index in [9.17, 15) is 9.18 Å². The van der Waals surface area contributed by atoms with Crippen LogP contribution in [-0.2, 0) is 16.0 Å². The molecule has 20 heavy (non-hydrogen) atoms. The summed E-state index contributed by atoms with van der Waals surface area (Å²) in [5.41, 5.74) is 0.843. The molecule has 0 saturated heterocycles. The standard InChI is InChI=1S/C13H13FN2O3S/c1-18-9-3-4-10(14)11(6-9)16-13-15-8(7-20-13)5-12(17)19-2/h3-4,6-7H,5H2,1-2H3,(H,15,16). The number of carbonyl (C=O) groups excluding carboxylic acids is 1. The first-order valence-corrected chi connectivity index (χ1v) is 6.62. The Balaban J connectivity index is 2.12. The first kappa shape index (κ1) is 14.3. The van der Waals surface area contributed by atoms with Gasteiger partial charge in [-0.1, -0.05) is 0 Å². The van der Waals surface area contributed by atoms with Crippen molar-refractivity contribution in [3.63, 3.8) is 0 Å². The van der Waals surface area contributed by atoms with Crippen LogP contribution in [0.1, 0.15) is 5.69 Å². The summed E-state index contributed by atoms with van der Waals surface area (Å²) in [6.07, 6.45) is 0.0925. The van der Waals surface area contributed by atoms with E-state index < -0.39 is 5.82 Å². The van der Waals surface area contributed by atoms with Crippen LogP contribution in [0.2, 0.25) is 0 Å². The van der Waals surface area contributed by atoms with E-state index in [-0.39, 0.29) is 18.1 Å². The molecule has 0 aliphatic heterocycles. The van der Waals surface area contributed by atoms with Crippen molar-refractivity contribution in [2.75, 3.05) is 19.5 Å². The first-order valence-electron chi connectivity index (χ1n) is 5.74. The molecule has 0 amide bonds. The summed E-state index contributed by atoms with van der Waals surface area (Å²) in [6, 6.07) is 4.38. The minimum absolute atomic E-state index is 0.0925. The quantitative estimate of drug-likeness (QED) is 0.860. The van der Waals surface area contributed by atoms with Crippen LogP contribution in [0.15, 0.2) is 23.6 Å². The normalized spacial score (nSPS) is 10.2. The lowest BCUT2D eigenvalue weighted by molar-refractivity contribution is -0.139. The number of benzene rings is 1. The lowest BCUT2D eigenvalue weighted by atomic mass is 10.3. The van der Waals surface area contributed by atoms with Crippen molar-refractivity contribution >= 4 is 28.1 Å². The molecule has 0 unspecified atom stereocenters. The van der Waals surface area contributed by atoms with Gasteiger partial charge >= 0.3 is 5.97 Å². The molecule has 0 atom stereocenters. The van der Waals surface area contributed by atoms with Gasteiger partial charge in [0.05, 0.1) is 32.0 Å². The van der Waals surface area contributed by atoms with E-state index in [0.717, 1.165) is 0 Å². The van der Waals surface area contributed by atoms with Crippen molar-refractivity contribution in [3.8, 4) is 5.75 Å². The third-order valence-corrected chi connectivity index (χ3v) is 3.33. The number of ether oxygens (including phenoxy) is 2. The van der Waals surface area contributed by atoms with Crippen LogP contribution in [0.3, 0.4) is 0 Å². The molecule has 1 heterocycles. The Kier molecular flexibility index (Phi) is 4.52. The van der Waals surface area contributed by atoms with Crippen molar-refractivity contribution in [1.82, 2.24) is 4.98 Å². The maximum Gasteiger partial charge on any atom is 0.311 e. The molecule has 106 valence electrons. The molecular formula is C13H13FN2O3S. The van der Waals surface area contributed by atoms with E-state index >= 15 is 0 Å². The van der Waals surface area contributed by atoms with Gasteiger partial charge in [0.2, 0.25) is 0 Å². The predicted molar refractivity (Wildman–Crippen MR) is 74.1 cm³/mol. The summed E-state index contributed by atoms with van der Waals surface area (Å²) < 4.78 is 23.2. The van der Waals surface area contributed by atoms with Gasteiger partial charge < -0.3 is 14.8 Å². The molecule has 5 nitrogen and oxygen atoms in total. The van der Waals surface area contributed by atoms with Gasteiger partial charge in [-0.25, -0.2) is 9.37 Å². The topological polar surface area (TPSA) is 60.5 Å². The number of nitrogens with one attached hydrogen (secondary N) is 1. The minimum atomic E-state index is -0.407. The highest BCUT2D eigenvalue weighted by Crippen LogP contribution is 2.26. The predicted octanol–water partition coefficient (Wildman–Crippen LogP) is 2.75. The molecule has 1 aromatic heterocycles. The number of rotatable bonds is 5. The second kappa shape index (κ2) is 6.33. The third kappa shape index (κ3) is 3.45. The van der Waals surface area contributed by atoms with Gasteiger partial charge in [-0.15, -0.1) is 11.3 Å². The van der Waals surface area contributed by atoms with E-state index in [1.54, 1.807) is 5.38 Å². The largest absolute Gasteiger partial charge is 0.497 e. The molecular weight excluding hydrogens is 283 g/mol. The number of halogens is 1. The fourth-order valence-electron chi connectivity index (χ4n) is 1.51. The van der Waals surface area contributed by atoms with Gasteiger partial charge in [-0.05, 0) is 12.1 Å². The number of nitrogens with zero attached hydrogens (tertiary/aromatic N) is 1. The number of carbonyl (C=O) groups is 1. The molecule has 1 N–H and O–H groups in total. The second-order valence-electron chi connectivity index (χ2n) is 3.87. The molecule has 0 bridgehead atoms. The fraction of sp³-hybridized carbons (Fsp3) is 0.231. The van der Waals surface area contributed by atoms with Crippen LogP contribution in [0.4, 0.5) is 15.2 Å². The Morgan fingerprint density at radius 3 is 2.95 bits per heavy atom. The van der Waals surface area contributed by atoms with E-state index in [1.165, 1.54) is 43.8 Å². The van der Waals surface area contributed by atoms with Gasteiger partial charge in [-0.2, -0.15) is 0 Å². The van der Waals surface area contributed by atoms with E-state index in [4.69, 9.17) is 4.74 Å². The molecule has 0 saturated carbocycles. The maximum atomic E-state index is 13.6. The maximum absolute atomic E-state index is 13.6. The highest BCUT2D eigenvalue weighted by molar-refractivity contribution is 7.13. The minimum Gasteiger partial charge on any atom is -0.497 e. The van der Waals surface area contributed by atoms with E-state index in [2.05, 4.69) is 15.0 Å². The smallest absolute Gasteiger partial charge is 0.311 e. The van der Waals surface area contributed by atoms with Gasteiger partial charge in [-0.3, -0.25) is 4.79 Å². The molecule has 2 rings (SSSR count). The van der Waals surface area contributed by atoms with E-state index in [0.29, 0.717) is 16.6 Å². The SMILES string of the molecule is COC(=O)Cc1csc(Nc2cc(OC)ccc2F)n1. The van der Waals surface area contributed by atoms with Crippen molar-refractivity contribution in [2.24, 2.45) is 0 Å². The van der Waals surface area contributed by atoms with Crippen molar-refractivity contribution < 1.29 is 18.7 Å². The van der Waals surface area contributed by atoms with Crippen LogP contribution in [0.25, 0.3) is 0 Å². The summed E-state index contributed by atoms with van der Waals surface area (Å²) in [7, 11) is 2.83. The van der Waals surface area contributed by atoms with E-state index in [1.807, 2.05) is 0 Å². The number of hydrogen-bond acceptors (Lipinski definition) is 6. The Morgan fingerprint density at radius 1 is 1.45 bits per heavy atom. The molecule has 0 spiro atoms. The molecule has 0 aliphatic rings. The van der Waals surface area contributed by atoms with Crippen LogP contribution in [-0.4, -0.2) is 25.2 Å².